The summed E-state index contributed by atoms with van der Waals surface area (Å²) in [5, 5.41) is 6.26. The van der Waals surface area contributed by atoms with Crippen LogP contribution in [-0.4, -0.2) is 27.2 Å². The average molecular weight is 375 g/mol. The fraction of sp³-hybridized carbons (Fsp3) is 0.435. The van der Waals surface area contributed by atoms with Crippen LogP contribution in [0.25, 0.3) is 22.0 Å². The zero-order valence-corrected chi connectivity index (χ0v) is 16.0. The number of aromatic nitrogens is 3. The highest BCUT2D eigenvalue weighted by molar-refractivity contribution is 5.88. The summed E-state index contributed by atoms with van der Waals surface area (Å²) in [5.41, 5.74) is 4.60. The van der Waals surface area contributed by atoms with E-state index in [1.54, 1.807) is 0 Å². The fourth-order valence-corrected chi connectivity index (χ4v) is 4.54. The van der Waals surface area contributed by atoms with Crippen molar-refractivity contribution in [1.29, 1.82) is 0 Å². The third-order valence-electron chi connectivity index (χ3n) is 6.11. The summed E-state index contributed by atoms with van der Waals surface area (Å²) in [5.74, 6) is 0.728. The standard InChI is InChI=1S/C23H25N3O2/c27-19-7-4-17(5-8-19)23-20-15-18(16-10-12-24-13-11-16)6-9-21(20)26(25-23)22-3-1-2-14-28-22/h6,9-13,15,17,22H,1-5,7-8,14H2. The van der Waals surface area contributed by atoms with Crippen LogP contribution in [0, 0.1) is 0 Å². The van der Waals surface area contributed by atoms with Crippen molar-refractivity contribution in [2.45, 2.75) is 57.1 Å². The Morgan fingerprint density at radius 2 is 1.79 bits per heavy atom. The normalized spacial score (nSPS) is 21.3. The number of carbonyl (C=O) groups is 1. The summed E-state index contributed by atoms with van der Waals surface area (Å²) < 4.78 is 8.14. The molecule has 0 N–H and O–H groups in total. The first-order valence-corrected chi connectivity index (χ1v) is 10.4. The molecular weight excluding hydrogens is 350 g/mol. The van der Waals surface area contributed by atoms with E-state index in [0.29, 0.717) is 24.5 Å². The molecule has 1 saturated carbocycles. The van der Waals surface area contributed by atoms with Crippen molar-refractivity contribution in [2.75, 3.05) is 6.61 Å². The van der Waals surface area contributed by atoms with Gasteiger partial charge in [0, 0.05) is 43.1 Å². The van der Waals surface area contributed by atoms with Crippen LogP contribution in [0.3, 0.4) is 0 Å². The van der Waals surface area contributed by atoms with Gasteiger partial charge in [-0.05, 0) is 67.5 Å². The molecule has 5 rings (SSSR count). The quantitative estimate of drug-likeness (QED) is 0.645. The monoisotopic (exact) mass is 375 g/mol. The maximum Gasteiger partial charge on any atom is 0.150 e. The smallest absolute Gasteiger partial charge is 0.150 e. The molecule has 1 unspecified atom stereocenters. The first kappa shape index (κ1) is 17.6. The van der Waals surface area contributed by atoms with Crippen molar-refractivity contribution in [3.63, 3.8) is 0 Å². The molecule has 2 aliphatic rings. The van der Waals surface area contributed by atoms with Gasteiger partial charge in [-0.3, -0.25) is 9.78 Å². The van der Waals surface area contributed by atoms with E-state index in [1.165, 1.54) is 17.4 Å². The summed E-state index contributed by atoms with van der Waals surface area (Å²) in [6.07, 6.45) is 10.1. The summed E-state index contributed by atoms with van der Waals surface area (Å²) in [7, 11) is 0. The highest BCUT2D eigenvalue weighted by Gasteiger charge is 2.27. The Kier molecular flexibility index (Phi) is 4.69. The minimum absolute atomic E-state index is 0.0157. The first-order valence-electron chi connectivity index (χ1n) is 10.4. The van der Waals surface area contributed by atoms with E-state index < -0.39 is 0 Å². The Balaban J connectivity index is 1.61. The van der Waals surface area contributed by atoms with Crippen LogP contribution >= 0.6 is 0 Å². The van der Waals surface area contributed by atoms with Crippen molar-refractivity contribution >= 4 is 16.7 Å². The second-order valence-electron chi connectivity index (χ2n) is 7.93. The van der Waals surface area contributed by atoms with Crippen molar-refractivity contribution in [3.05, 3.63) is 48.4 Å². The molecule has 1 aliphatic heterocycles. The molecule has 1 atom stereocenters. The van der Waals surface area contributed by atoms with Crippen molar-refractivity contribution in [3.8, 4) is 11.1 Å². The topological polar surface area (TPSA) is 57.0 Å². The van der Waals surface area contributed by atoms with Gasteiger partial charge in [-0.2, -0.15) is 5.10 Å². The van der Waals surface area contributed by atoms with Crippen LogP contribution in [0.4, 0.5) is 0 Å². The fourth-order valence-electron chi connectivity index (χ4n) is 4.54. The van der Waals surface area contributed by atoms with Gasteiger partial charge < -0.3 is 4.74 Å². The van der Waals surface area contributed by atoms with Gasteiger partial charge in [-0.15, -0.1) is 0 Å². The molecule has 0 bridgehead atoms. The number of hydrogen-bond donors (Lipinski definition) is 0. The number of ether oxygens (including phenoxy) is 1. The lowest BCUT2D eigenvalue weighted by molar-refractivity contribution is -0.120. The zero-order chi connectivity index (χ0) is 18.9. The average Bonchev–Trinajstić information content (AvgIpc) is 3.14. The van der Waals surface area contributed by atoms with Crippen LogP contribution in [0.5, 0.6) is 0 Å². The van der Waals surface area contributed by atoms with E-state index in [2.05, 4.69) is 27.9 Å². The predicted octanol–water partition coefficient (Wildman–Crippen LogP) is 5.02. The molecule has 2 fully saturated rings. The molecule has 1 aromatic carbocycles. The minimum atomic E-state index is 0.0157. The van der Waals surface area contributed by atoms with Crippen molar-refractivity contribution < 1.29 is 9.53 Å². The third kappa shape index (κ3) is 3.24. The van der Waals surface area contributed by atoms with E-state index in [1.807, 2.05) is 24.5 Å². The van der Waals surface area contributed by atoms with Gasteiger partial charge in [-0.25, -0.2) is 4.68 Å². The number of Topliss-reactive ketones (excluding diaryl/α,β-unsaturated/α-hetero) is 1. The minimum Gasteiger partial charge on any atom is -0.356 e. The van der Waals surface area contributed by atoms with Gasteiger partial charge >= 0.3 is 0 Å². The number of benzene rings is 1. The molecule has 5 heteroatoms. The number of fused-ring (bicyclic) bond motifs is 1. The van der Waals surface area contributed by atoms with Gasteiger partial charge in [0.15, 0.2) is 6.23 Å². The maximum absolute atomic E-state index is 11.7. The lowest BCUT2D eigenvalue weighted by atomic mass is 9.85. The molecule has 0 radical (unpaired) electrons. The SMILES string of the molecule is O=C1CCC(c2nn(C3CCCCO3)c3ccc(-c4ccncc4)cc23)CC1. The van der Waals surface area contributed by atoms with Gasteiger partial charge in [0.25, 0.3) is 0 Å². The number of hydrogen-bond acceptors (Lipinski definition) is 4. The van der Waals surface area contributed by atoms with Crippen LogP contribution in [0.15, 0.2) is 42.7 Å². The Hall–Kier alpha value is -2.53. The summed E-state index contributed by atoms with van der Waals surface area (Å²) in [6.45, 7) is 0.800. The molecule has 3 heterocycles. The number of rotatable bonds is 3. The molecule has 1 aliphatic carbocycles. The Labute approximate surface area is 164 Å². The summed E-state index contributed by atoms with van der Waals surface area (Å²) in [6, 6.07) is 10.7. The van der Waals surface area contributed by atoms with Crippen LogP contribution in [0.1, 0.15) is 62.8 Å². The maximum atomic E-state index is 11.7. The van der Waals surface area contributed by atoms with E-state index in [4.69, 9.17) is 9.84 Å². The summed E-state index contributed by atoms with van der Waals surface area (Å²) in [4.78, 5) is 15.9. The lowest BCUT2D eigenvalue weighted by Crippen LogP contribution is -2.19. The second-order valence-corrected chi connectivity index (χ2v) is 7.93. The molecule has 1 saturated heterocycles. The highest BCUT2D eigenvalue weighted by atomic mass is 16.5. The van der Waals surface area contributed by atoms with E-state index in [9.17, 15) is 4.79 Å². The molecule has 28 heavy (non-hydrogen) atoms. The highest BCUT2D eigenvalue weighted by Crippen LogP contribution is 2.38. The van der Waals surface area contributed by atoms with Gasteiger partial charge in [-0.1, -0.05) is 6.07 Å². The molecule has 2 aromatic heterocycles. The Bertz CT molecular complexity index is 980. The Morgan fingerprint density at radius 1 is 0.964 bits per heavy atom. The molecule has 5 nitrogen and oxygen atoms in total. The lowest BCUT2D eigenvalue weighted by Gasteiger charge is -2.24. The second kappa shape index (κ2) is 7.47. The van der Waals surface area contributed by atoms with Gasteiger partial charge in [0.1, 0.15) is 5.78 Å². The number of nitrogens with zero attached hydrogens (tertiary/aromatic N) is 3. The molecule has 3 aromatic rings. The molecular formula is C23H25N3O2. The summed E-state index contributed by atoms with van der Waals surface area (Å²) >= 11 is 0. The predicted molar refractivity (Wildman–Crippen MR) is 108 cm³/mol. The van der Waals surface area contributed by atoms with Crippen LogP contribution < -0.4 is 0 Å². The molecule has 0 amide bonds. The van der Waals surface area contributed by atoms with E-state index >= 15 is 0 Å². The largest absolute Gasteiger partial charge is 0.356 e. The Morgan fingerprint density at radius 3 is 2.54 bits per heavy atom. The van der Waals surface area contributed by atoms with E-state index in [-0.39, 0.29) is 6.23 Å². The van der Waals surface area contributed by atoms with Crippen molar-refractivity contribution in [1.82, 2.24) is 14.8 Å². The van der Waals surface area contributed by atoms with Gasteiger partial charge in [0.2, 0.25) is 0 Å². The van der Waals surface area contributed by atoms with E-state index in [0.717, 1.165) is 49.1 Å². The molecule has 0 spiro atoms. The van der Waals surface area contributed by atoms with Crippen LogP contribution in [0.2, 0.25) is 0 Å². The third-order valence-corrected chi connectivity index (χ3v) is 6.11. The van der Waals surface area contributed by atoms with Gasteiger partial charge in [0.05, 0.1) is 11.2 Å². The zero-order valence-electron chi connectivity index (χ0n) is 16.0. The van der Waals surface area contributed by atoms with Crippen molar-refractivity contribution in [2.24, 2.45) is 0 Å². The number of ketones is 1. The number of pyridine rings is 1. The number of carbonyl (C=O) groups excluding carboxylic acids is 1. The first-order chi connectivity index (χ1) is 13.8. The van der Waals surface area contributed by atoms with Crippen LogP contribution in [-0.2, 0) is 9.53 Å². The molecule has 144 valence electrons.